The maximum Gasteiger partial charge on any atom is 0.307 e. The minimum Gasteiger partial charge on any atom is -0.483 e. The molecule has 0 amide bonds. The van der Waals surface area contributed by atoms with Gasteiger partial charge in [-0.05, 0) is 32.9 Å². The second-order valence-corrected chi connectivity index (χ2v) is 6.84. The second kappa shape index (κ2) is 8.21. The molecule has 0 saturated heterocycles. The Kier molecular flexibility index (Phi) is 5.75. The number of aryl methyl sites for hydroxylation is 1. The van der Waals surface area contributed by atoms with Crippen LogP contribution in [-0.4, -0.2) is 29.5 Å². The fraction of sp³-hybridized carbons (Fsp3) is 0.353. The van der Waals surface area contributed by atoms with Gasteiger partial charge in [0.15, 0.2) is 17.1 Å². The summed E-state index contributed by atoms with van der Waals surface area (Å²) in [4.78, 5) is 10.3. The molecule has 0 N–H and O–H groups in total. The van der Waals surface area contributed by atoms with E-state index in [1.54, 1.807) is 0 Å². The van der Waals surface area contributed by atoms with Gasteiger partial charge >= 0.3 is 5.69 Å². The molecule has 2 aromatic heterocycles. The summed E-state index contributed by atoms with van der Waals surface area (Å²) in [7, 11) is 0. The summed E-state index contributed by atoms with van der Waals surface area (Å²) in [6.45, 7) is 6.65. The van der Waals surface area contributed by atoms with Crippen LogP contribution in [0.2, 0.25) is 0 Å². The van der Waals surface area contributed by atoms with Gasteiger partial charge in [-0.15, -0.1) is 10.2 Å². The van der Waals surface area contributed by atoms with Gasteiger partial charge in [-0.25, -0.2) is 0 Å². The topological polar surface area (TPSA) is 101 Å². The number of hydrogen-bond donors (Lipinski definition) is 0. The molecule has 27 heavy (non-hydrogen) atoms. The van der Waals surface area contributed by atoms with Crippen molar-refractivity contribution < 1.29 is 9.66 Å². The van der Waals surface area contributed by atoms with E-state index in [1.165, 1.54) is 34.4 Å². The van der Waals surface area contributed by atoms with Crippen molar-refractivity contribution in [2.75, 3.05) is 0 Å². The molecule has 0 fully saturated rings. The van der Waals surface area contributed by atoms with Crippen molar-refractivity contribution in [3.8, 4) is 5.75 Å². The molecule has 0 aliphatic rings. The largest absolute Gasteiger partial charge is 0.483 e. The first-order valence-electron chi connectivity index (χ1n) is 8.44. The van der Waals surface area contributed by atoms with E-state index in [-0.39, 0.29) is 11.8 Å². The molecule has 1 aromatic carbocycles. The molecular weight excluding hydrogens is 368 g/mol. The highest BCUT2D eigenvalue weighted by atomic mass is 32.2. The third kappa shape index (κ3) is 4.45. The number of aromatic nitrogens is 5. The van der Waals surface area contributed by atoms with E-state index in [1.807, 2.05) is 49.6 Å². The van der Waals surface area contributed by atoms with Gasteiger partial charge in [0.25, 0.3) is 0 Å². The van der Waals surface area contributed by atoms with Crippen LogP contribution in [0.1, 0.15) is 31.3 Å². The molecule has 0 spiro atoms. The van der Waals surface area contributed by atoms with Crippen LogP contribution in [0.5, 0.6) is 5.75 Å². The zero-order valence-corrected chi connectivity index (χ0v) is 16.1. The Morgan fingerprint density at radius 1 is 1.30 bits per heavy atom. The van der Waals surface area contributed by atoms with E-state index in [4.69, 9.17) is 4.74 Å². The van der Waals surface area contributed by atoms with E-state index < -0.39 is 4.92 Å². The molecule has 142 valence electrons. The lowest BCUT2D eigenvalue weighted by Gasteiger charge is -2.15. The first kappa shape index (κ1) is 18.9. The van der Waals surface area contributed by atoms with Crippen molar-refractivity contribution in [1.82, 2.24) is 24.5 Å². The maximum absolute atomic E-state index is 10.7. The van der Waals surface area contributed by atoms with Gasteiger partial charge in [0.2, 0.25) is 0 Å². The third-order valence-electron chi connectivity index (χ3n) is 3.92. The van der Waals surface area contributed by atoms with Crippen LogP contribution in [0.15, 0.2) is 41.8 Å². The van der Waals surface area contributed by atoms with Gasteiger partial charge in [-0.1, -0.05) is 29.5 Å². The minimum absolute atomic E-state index is 0.0339. The van der Waals surface area contributed by atoms with Crippen LogP contribution in [0.4, 0.5) is 5.69 Å². The van der Waals surface area contributed by atoms with Gasteiger partial charge in [-0.2, -0.15) is 5.10 Å². The molecule has 9 nitrogen and oxygen atoms in total. The van der Waals surface area contributed by atoms with Crippen molar-refractivity contribution in [3.05, 3.63) is 58.2 Å². The van der Waals surface area contributed by atoms with Gasteiger partial charge in [0, 0.05) is 6.54 Å². The second-order valence-electron chi connectivity index (χ2n) is 5.93. The molecule has 0 saturated carbocycles. The number of nitro groups is 1. The summed E-state index contributed by atoms with van der Waals surface area (Å²) < 4.78 is 9.46. The fourth-order valence-electron chi connectivity index (χ4n) is 2.52. The average molecular weight is 388 g/mol. The molecular formula is C17H20N6O3S. The van der Waals surface area contributed by atoms with E-state index in [0.29, 0.717) is 17.6 Å². The zero-order chi connectivity index (χ0) is 19.4. The number of benzene rings is 1. The van der Waals surface area contributed by atoms with Gasteiger partial charge in [0.1, 0.15) is 18.1 Å². The summed E-state index contributed by atoms with van der Waals surface area (Å²) in [6.07, 6.45) is 2.36. The lowest BCUT2D eigenvalue weighted by molar-refractivity contribution is -0.385. The van der Waals surface area contributed by atoms with Gasteiger partial charge in [-0.3, -0.25) is 14.8 Å². The maximum atomic E-state index is 10.7. The predicted molar refractivity (Wildman–Crippen MR) is 101 cm³/mol. The number of ether oxygens (including phenoxy) is 1. The normalized spacial score (nSPS) is 12.1. The van der Waals surface area contributed by atoms with Crippen LogP contribution >= 0.6 is 11.8 Å². The average Bonchev–Trinajstić information content (AvgIpc) is 3.28. The molecule has 0 aliphatic carbocycles. The summed E-state index contributed by atoms with van der Waals surface area (Å²) >= 11 is 1.41. The van der Waals surface area contributed by atoms with Crippen LogP contribution < -0.4 is 4.74 Å². The highest BCUT2D eigenvalue weighted by Gasteiger charge is 2.19. The van der Waals surface area contributed by atoms with Gasteiger partial charge in [0.05, 0.1) is 10.8 Å². The van der Waals surface area contributed by atoms with E-state index in [2.05, 4.69) is 15.3 Å². The van der Waals surface area contributed by atoms with Gasteiger partial charge < -0.3 is 9.30 Å². The van der Waals surface area contributed by atoms with E-state index in [0.717, 1.165) is 11.6 Å². The molecule has 2 heterocycles. The van der Waals surface area contributed by atoms with Crippen LogP contribution in [0, 0.1) is 17.0 Å². The zero-order valence-electron chi connectivity index (χ0n) is 15.3. The van der Waals surface area contributed by atoms with Crippen LogP contribution in [-0.2, 0) is 12.4 Å². The SMILES string of the molecule is CCn1c(SCn2cc([N+](=O)[O-])cn2)nnc1C(C)Oc1ccc(C)cc1. The number of hydrogen-bond acceptors (Lipinski definition) is 7. The molecule has 3 rings (SSSR count). The Morgan fingerprint density at radius 2 is 2.04 bits per heavy atom. The molecule has 0 bridgehead atoms. The lowest BCUT2D eigenvalue weighted by Crippen LogP contribution is -2.12. The smallest absolute Gasteiger partial charge is 0.307 e. The van der Waals surface area contributed by atoms with Crippen molar-refractivity contribution in [1.29, 1.82) is 0 Å². The van der Waals surface area contributed by atoms with Crippen LogP contribution in [0.25, 0.3) is 0 Å². The van der Waals surface area contributed by atoms with Crippen molar-refractivity contribution in [2.45, 2.75) is 44.5 Å². The Labute approximate surface area is 160 Å². The van der Waals surface area contributed by atoms with Crippen molar-refractivity contribution in [2.24, 2.45) is 0 Å². The third-order valence-corrected chi connectivity index (χ3v) is 4.87. The Hall–Kier alpha value is -2.88. The monoisotopic (exact) mass is 388 g/mol. The number of nitrogens with zero attached hydrogens (tertiary/aromatic N) is 6. The molecule has 1 unspecified atom stereocenters. The number of thioether (sulfide) groups is 1. The predicted octanol–water partition coefficient (Wildman–Crippen LogP) is 3.60. The molecule has 0 radical (unpaired) electrons. The lowest BCUT2D eigenvalue weighted by atomic mass is 10.2. The number of rotatable bonds is 8. The first-order chi connectivity index (χ1) is 13.0. The standard InChI is InChI=1S/C17H20N6O3S/c1-4-22-16(13(3)26-15-7-5-12(2)6-8-15)19-20-17(22)27-11-21-10-14(9-18-21)23(24)25/h5-10,13H,4,11H2,1-3H3. The summed E-state index contributed by atoms with van der Waals surface area (Å²) in [5, 5.41) is 24.0. The van der Waals surface area contributed by atoms with Crippen molar-refractivity contribution in [3.63, 3.8) is 0 Å². The Bertz CT molecular complexity index is 921. The summed E-state index contributed by atoms with van der Waals surface area (Å²) in [5.41, 5.74) is 1.14. The molecule has 10 heteroatoms. The van der Waals surface area contributed by atoms with Crippen molar-refractivity contribution >= 4 is 17.4 Å². The summed E-state index contributed by atoms with van der Waals surface area (Å²) in [5.74, 6) is 1.91. The summed E-state index contributed by atoms with van der Waals surface area (Å²) in [6, 6.07) is 7.85. The van der Waals surface area contributed by atoms with E-state index >= 15 is 0 Å². The van der Waals surface area contributed by atoms with Crippen LogP contribution in [0.3, 0.4) is 0 Å². The quantitative estimate of drug-likeness (QED) is 0.330. The fourth-order valence-corrected chi connectivity index (χ4v) is 3.39. The molecule has 0 aliphatic heterocycles. The highest BCUT2D eigenvalue weighted by molar-refractivity contribution is 7.98. The molecule has 1 atom stereocenters. The molecule has 3 aromatic rings. The van der Waals surface area contributed by atoms with E-state index in [9.17, 15) is 10.1 Å². The minimum atomic E-state index is -0.467. The highest BCUT2D eigenvalue weighted by Crippen LogP contribution is 2.25. The Balaban J connectivity index is 1.69. The Morgan fingerprint density at radius 3 is 2.67 bits per heavy atom. The first-order valence-corrected chi connectivity index (χ1v) is 9.42.